The second-order valence-corrected chi connectivity index (χ2v) is 6.41. The van der Waals surface area contributed by atoms with Gasteiger partial charge in [0.2, 0.25) is 5.91 Å². The normalized spacial score (nSPS) is 15.1. The van der Waals surface area contributed by atoms with Gasteiger partial charge in [0.15, 0.2) is 5.96 Å². The molecular weight excluding hydrogens is 427 g/mol. The molecule has 1 unspecified atom stereocenters. The lowest BCUT2D eigenvalue weighted by Gasteiger charge is -2.18. The molecule has 0 spiro atoms. The van der Waals surface area contributed by atoms with Crippen LogP contribution < -0.4 is 16.0 Å². The van der Waals surface area contributed by atoms with Crippen LogP contribution in [0.15, 0.2) is 29.3 Å². The molecule has 1 fully saturated rings. The van der Waals surface area contributed by atoms with Crippen molar-refractivity contribution in [1.29, 1.82) is 0 Å². The molecule has 6 heteroatoms. The standard InChI is InChI=1S/C19H30N4O.HI/c1-4-15-7-9-16(10-8-15)14(2)22-19(20-3)21-13-5-6-18(24)23-17-11-12-17;/h7-10,14,17H,4-6,11-13H2,1-3H3,(H,23,24)(H2,20,21,22);1H. The molecule has 0 heterocycles. The van der Waals surface area contributed by atoms with Crippen LogP contribution in [-0.4, -0.2) is 31.5 Å². The van der Waals surface area contributed by atoms with Crippen molar-refractivity contribution in [2.75, 3.05) is 13.6 Å². The first-order chi connectivity index (χ1) is 11.6. The number of benzene rings is 1. The van der Waals surface area contributed by atoms with Crippen LogP contribution in [0.25, 0.3) is 0 Å². The van der Waals surface area contributed by atoms with Crippen LogP contribution in [0.5, 0.6) is 0 Å². The lowest BCUT2D eigenvalue weighted by Crippen LogP contribution is -2.39. The SMILES string of the molecule is CCc1ccc(C(C)NC(=NC)NCCCC(=O)NC2CC2)cc1.I. The second kappa shape index (κ2) is 11.3. The minimum absolute atomic E-state index is 0. The molecule has 140 valence electrons. The maximum atomic E-state index is 11.6. The fourth-order valence-corrected chi connectivity index (χ4v) is 2.51. The first-order valence-corrected chi connectivity index (χ1v) is 8.97. The molecular formula is C19H31IN4O. The van der Waals surface area contributed by atoms with Gasteiger partial charge >= 0.3 is 0 Å². The van der Waals surface area contributed by atoms with Crippen LogP contribution in [0, 0.1) is 0 Å². The fraction of sp³-hybridized carbons (Fsp3) is 0.579. The van der Waals surface area contributed by atoms with Gasteiger partial charge < -0.3 is 16.0 Å². The molecule has 0 aliphatic heterocycles. The molecule has 1 aromatic rings. The number of rotatable bonds is 8. The number of carbonyl (C=O) groups excluding carboxylic acids is 1. The Morgan fingerprint density at radius 1 is 1.28 bits per heavy atom. The molecule has 1 atom stereocenters. The number of hydrogen-bond acceptors (Lipinski definition) is 2. The molecule has 0 saturated heterocycles. The second-order valence-electron chi connectivity index (χ2n) is 6.41. The van der Waals surface area contributed by atoms with E-state index < -0.39 is 0 Å². The van der Waals surface area contributed by atoms with Crippen molar-refractivity contribution < 1.29 is 4.79 Å². The van der Waals surface area contributed by atoms with Crippen LogP contribution in [-0.2, 0) is 11.2 Å². The topological polar surface area (TPSA) is 65.5 Å². The number of halogens is 1. The van der Waals surface area contributed by atoms with Gasteiger partial charge in [-0.25, -0.2) is 0 Å². The van der Waals surface area contributed by atoms with E-state index in [-0.39, 0.29) is 35.9 Å². The molecule has 1 amide bonds. The van der Waals surface area contributed by atoms with Crippen LogP contribution in [0.3, 0.4) is 0 Å². The zero-order valence-corrected chi connectivity index (χ0v) is 17.8. The van der Waals surface area contributed by atoms with Crippen LogP contribution in [0.2, 0.25) is 0 Å². The van der Waals surface area contributed by atoms with E-state index in [1.165, 1.54) is 11.1 Å². The van der Waals surface area contributed by atoms with Crippen molar-refractivity contribution in [3.8, 4) is 0 Å². The molecule has 1 saturated carbocycles. The molecule has 5 nitrogen and oxygen atoms in total. The van der Waals surface area contributed by atoms with Gasteiger partial charge in [-0.05, 0) is 43.7 Å². The Hall–Kier alpha value is -1.31. The summed E-state index contributed by atoms with van der Waals surface area (Å²) in [5.41, 5.74) is 2.58. The Morgan fingerprint density at radius 2 is 1.96 bits per heavy atom. The highest BCUT2D eigenvalue weighted by molar-refractivity contribution is 14.0. The minimum atomic E-state index is 0. The number of amides is 1. The molecule has 1 aliphatic carbocycles. The smallest absolute Gasteiger partial charge is 0.220 e. The fourth-order valence-electron chi connectivity index (χ4n) is 2.51. The Bertz CT molecular complexity index is 555. The quantitative estimate of drug-likeness (QED) is 0.243. The molecule has 0 radical (unpaired) electrons. The Morgan fingerprint density at radius 3 is 2.52 bits per heavy atom. The Kier molecular flexibility index (Phi) is 9.85. The number of nitrogens with zero attached hydrogens (tertiary/aromatic N) is 1. The lowest BCUT2D eigenvalue weighted by atomic mass is 10.1. The van der Waals surface area contributed by atoms with Gasteiger partial charge in [0, 0.05) is 26.1 Å². The summed E-state index contributed by atoms with van der Waals surface area (Å²) in [4.78, 5) is 15.9. The number of nitrogens with one attached hydrogen (secondary N) is 3. The van der Waals surface area contributed by atoms with Gasteiger partial charge in [-0.3, -0.25) is 9.79 Å². The first kappa shape index (κ1) is 21.7. The summed E-state index contributed by atoms with van der Waals surface area (Å²) < 4.78 is 0. The van der Waals surface area contributed by atoms with E-state index in [2.05, 4.69) is 59.1 Å². The summed E-state index contributed by atoms with van der Waals surface area (Å²) in [5, 5.41) is 9.67. The highest BCUT2D eigenvalue weighted by Crippen LogP contribution is 2.18. The van der Waals surface area contributed by atoms with Crippen LogP contribution >= 0.6 is 24.0 Å². The number of aryl methyl sites for hydroxylation is 1. The van der Waals surface area contributed by atoms with Gasteiger partial charge in [-0.15, -0.1) is 24.0 Å². The predicted molar refractivity (Wildman–Crippen MR) is 115 cm³/mol. The van der Waals surface area contributed by atoms with Crippen LogP contribution in [0.1, 0.15) is 56.7 Å². The summed E-state index contributed by atoms with van der Waals surface area (Å²) in [5.74, 6) is 0.927. The van der Waals surface area contributed by atoms with E-state index in [9.17, 15) is 4.79 Å². The van der Waals surface area contributed by atoms with Gasteiger partial charge in [0.05, 0.1) is 6.04 Å². The Labute approximate surface area is 168 Å². The minimum Gasteiger partial charge on any atom is -0.356 e. The molecule has 25 heavy (non-hydrogen) atoms. The molecule has 1 aromatic carbocycles. The number of hydrogen-bond donors (Lipinski definition) is 3. The zero-order chi connectivity index (χ0) is 17.4. The van der Waals surface area contributed by atoms with Gasteiger partial charge in [0.25, 0.3) is 0 Å². The van der Waals surface area contributed by atoms with Crippen molar-refractivity contribution in [3.05, 3.63) is 35.4 Å². The summed E-state index contributed by atoms with van der Waals surface area (Å²) in [6, 6.07) is 9.28. The van der Waals surface area contributed by atoms with Crippen LogP contribution in [0.4, 0.5) is 0 Å². The lowest BCUT2D eigenvalue weighted by molar-refractivity contribution is -0.121. The van der Waals surface area contributed by atoms with E-state index >= 15 is 0 Å². The molecule has 0 bridgehead atoms. The van der Waals surface area contributed by atoms with Gasteiger partial charge in [-0.2, -0.15) is 0 Å². The third-order valence-electron chi connectivity index (χ3n) is 4.28. The van der Waals surface area contributed by atoms with Gasteiger partial charge in [-0.1, -0.05) is 31.2 Å². The first-order valence-electron chi connectivity index (χ1n) is 8.97. The molecule has 1 aliphatic rings. The van der Waals surface area contributed by atoms with Crippen molar-refractivity contribution >= 4 is 35.8 Å². The molecule has 0 aromatic heterocycles. The van der Waals surface area contributed by atoms with E-state index in [0.717, 1.165) is 38.2 Å². The number of carbonyl (C=O) groups is 1. The number of aliphatic imine (C=N–C) groups is 1. The summed E-state index contributed by atoms with van der Waals surface area (Å²) in [7, 11) is 1.77. The summed E-state index contributed by atoms with van der Waals surface area (Å²) in [6.07, 6.45) is 4.70. The predicted octanol–water partition coefficient (Wildman–Crippen LogP) is 3.15. The largest absolute Gasteiger partial charge is 0.356 e. The summed E-state index contributed by atoms with van der Waals surface area (Å²) in [6.45, 7) is 5.02. The maximum Gasteiger partial charge on any atom is 0.220 e. The van der Waals surface area contributed by atoms with Crippen molar-refractivity contribution in [3.63, 3.8) is 0 Å². The average Bonchev–Trinajstić information content (AvgIpc) is 3.41. The van der Waals surface area contributed by atoms with E-state index in [0.29, 0.717) is 12.5 Å². The highest BCUT2D eigenvalue weighted by atomic mass is 127. The highest BCUT2D eigenvalue weighted by Gasteiger charge is 2.22. The average molecular weight is 458 g/mol. The third kappa shape index (κ3) is 8.07. The van der Waals surface area contributed by atoms with E-state index in [1.54, 1.807) is 7.05 Å². The Balaban J connectivity index is 0.00000312. The van der Waals surface area contributed by atoms with Gasteiger partial charge in [0.1, 0.15) is 0 Å². The van der Waals surface area contributed by atoms with E-state index in [4.69, 9.17) is 0 Å². The van der Waals surface area contributed by atoms with Crippen molar-refractivity contribution in [2.24, 2.45) is 4.99 Å². The molecule has 2 rings (SSSR count). The van der Waals surface area contributed by atoms with Crippen molar-refractivity contribution in [2.45, 2.75) is 58.0 Å². The maximum absolute atomic E-state index is 11.6. The summed E-state index contributed by atoms with van der Waals surface area (Å²) >= 11 is 0. The zero-order valence-electron chi connectivity index (χ0n) is 15.5. The molecule has 3 N–H and O–H groups in total. The third-order valence-corrected chi connectivity index (χ3v) is 4.28. The van der Waals surface area contributed by atoms with E-state index in [1.807, 2.05) is 0 Å². The number of guanidine groups is 1. The monoisotopic (exact) mass is 458 g/mol. The van der Waals surface area contributed by atoms with Crippen molar-refractivity contribution in [1.82, 2.24) is 16.0 Å².